The molecule has 0 heterocycles. The molecule has 1 rings (SSSR count). The summed E-state index contributed by atoms with van der Waals surface area (Å²) in [4.78, 5) is 11.1. The van der Waals surface area contributed by atoms with Crippen LogP contribution in [0.5, 0.6) is 0 Å². The molecule has 0 saturated heterocycles. The highest BCUT2D eigenvalue weighted by molar-refractivity contribution is 5.94. The van der Waals surface area contributed by atoms with Gasteiger partial charge in [-0.2, -0.15) is 0 Å². The summed E-state index contributed by atoms with van der Waals surface area (Å²) < 4.78 is 0. The Morgan fingerprint density at radius 1 is 1.40 bits per heavy atom. The largest absolute Gasteiger partial charge is 0.396 e. The molecule has 0 aromatic heterocycles. The summed E-state index contributed by atoms with van der Waals surface area (Å²) in [5.41, 5.74) is 6.68. The molecule has 4 N–H and O–H groups in total. The number of amides is 1. The SMILES string of the molecule is NC(=O)c1ccccc1CNCCCO. The number of aliphatic hydroxyl groups is 1. The van der Waals surface area contributed by atoms with Crippen LogP contribution in [0, 0.1) is 0 Å². The average Bonchev–Trinajstić information content (AvgIpc) is 2.25. The minimum atomic E-state index is -0.408. The first kappa shape index (κ1) is 11.7. The molecule has 0 spiro atoms. The summed E-state index contributed by atoms with van der Waals surface area (Å²) in [6, 6.07) is 7.24. The lowest BCUT2D eigenvalue weighted by Crippen LogP contribution is -2.20. The third kappa shape index (κ3) is 3.69. The van der Waals surface area contributed by atoms with Gasteiger partial charge < -0.3 is 16.2 Å². The Balaban J connectivity index is 2.56. The van der Waals surface area contributed by atoms with E-state index in [9.17, 15) is 4.79 Å². The number of nitrogens with one attached hydrogen (secondary N) is 1. The number of carbonyl (C=O) groups excluding carboxylic acids is 1. The van der Waals surface area contributed by atoms with Gasteiger partial charge in [-0.25, -0.2) is 0 Å². The third-order valence-corrected chi connectivity index (χ3v) is 2.11. The van der Waals surface area contributed by atoms with Gasteiger partial charge in [0.25, 0.3) is 0 Å². The van der Waals surface area contributed by atoms with E-state index in [2.05, 4.69) is 5.32 Å². The lowest BCUT2D eigenvalue weighted by molar-refractivity contribution is 0.0999. The Morgan fingerprint density at radius 2 is 2.13 bits per heavy atom. The number of hydrogen-bond acceptors (Lipinski definition) is 3. The number of benzene rings is 1. The fraction of sp³-hybridized carbons (Fsp3) is 0.364. The van der Waals surface area contributed by atoms with Gasteiger partial charge in [0.05, 0.1) is 0 Å². The number of hydrogen-bond donors (Lipinski definition) is 3. The molecule has 0 aliphatic rings. The molecule has 1 aromatic rings. The predicted molar refractivity (Wildman–Crippen MR) is 58.4 cm³/mol. The van der Waals surface area contributed by atoms with Crippen LogP contribution in [0.15, 0.2) is 24.3 Å². The molecule has 0 bridgehead atoms. The highest BCUT2D eigenvalue weighted by Gasteiger charge is 2.05. The molecule has 1 amide bonds. The van der Waals surface area contributed by atoms with Gasteiger partial charge >= 0.3 is 0 Å². The molecular weight excluding hydrogens is 192 g/mol. The predicted octanol–water partition coefficient (Wildman–Crippen LogP) is 0.257. The molecule has 0 radical (unpaired) electrons. The van der Waals surface area contributed by atoms with E-state index in [4.69, 9.17) is 10.8 Å². The summed E-state index contributed by atoms with van der Waals surface area (Å²) in [6.45, 7) is 1.49. The van der Waals surface area contributed by atoms with Gasteiger partial charge in [0, 0.05) is 18.7 Å². The maximum absolute atomic E-state index is 11.1. The number of carbonyl (C=O) groups is 1. The van der Waals surface area contributed by atoms with Gasteiger partial charge in [0.1, 0.15) is 0 Å². The topological polar surface area (TPSA) is 75.4 Å². The van der Waals surface area contributed by atoms with Crippen LogP contribution in [0.3, 0.4) is 0 Å². The number of aliphatic hydroxyl groups excluding tert-OH is 1. The van der Waals surface area contributed by atoms with E-state index in [1.54, 1.807) is 12.1 Å². The maximum Gasteiger partial charge on any atom is 0.249 e. The standard InChI is InChI=1S/C11H16N2O2/c12-11(15)10-5-2-1-4-9(10)8-13-6-3-7-14/h1-2,4-5,13-14H,3,6-8H2,(H2,12,15). The summed E-state index contributed by atoms with van der Waals surface area (Å²) >= 11 is 0. The molecule has 0 atom stereocenters. The fourth-order valence-corrected chi connectivity index (χ4v) is 1.34. The Kier molecular flexibility index (Phi) is 4.80. The molecule has 0 fully saturated rings. The van der Waals surface area contributed by atoms with Gasteiger partial charge in [-0.05, 0) is 24.6 Å². The van der Waals surface area contributed by atoms with E-state index in [0.29, 0.717) is 18.5 Å². The molecule has 0 aliphatic heterocycles. The van der Waals surface area contributed by atoms with Crippen molar-refractivity contribution < 1.29 is 9.90 Å². The van der Waals surface area contributed by atoms with E-state index < -0.39 is 5.91 Å². The molecule has 0 aliphatic carbocycles. The Labute approximate surface area is 89.1 Å². The normalized spacial score (nSPS) is 10.2. The van der Waals surface area contributed by atoms with Crippen molar-refractivity contribution in [1.82, 2.24) is 5.32 Å². The highest BCUT2D eigenvalue weighted by atomic mass is 16.3. The van der Waals surface area contributed by atoms with Gasteiger partial charge in [-0.1, -0.05) is 18.2 Å². The molecule has 4 heteroatoms. The van der Waals surface area contributed by atoms with Crippen molar-refractivity contribution in [2.75, 3.05) is 13.2 Å². The average molecular weight is 208 g/mol. The van der Waals surface area contributed by atoms with E-state index in [-0.39, 0.29) is 6.61 Å². The Morgan fingerprint density at radius 3 is 2.80 bits per heavy atom. The van der Waals surface area contributed by atoms with Gasteiger partial charge in [-0.15, -0.1) is 0 Å². The molecule has 4 nitrogen and oxygen atoms in total. The quantitative estimate of drug-likeness (QED) is 0.587. The number of rotatable bonds is 6. The molecule has 15 heavy (non-hydrogen) atoms. The van der Waals surface area contributed by atoms with E-state index in [0.717, 1.165) is 12.1 Å². The second-order valence-corrected chi connectivity index (χ2v) is 3.28. The summed E-state index contributed by atoms with van der Waals surface area (Å²) in [6.07, 6.45) is 0.707. The zero-order chi connectivity index (χ0) is 11.1. The zero-order valence-electron chi connectivity index (χ0n) is 8.57. The second kappa shape index (κ2) is 6.16. The van der Waals surface area contributed by atoms with E-state index >= 15 is 0 Å². The van der Waals surface area contributed by atoms with Crippen LogP contribution >= 0.6 is 0 Å². The van der Waals surface area contributed by atoms with Gasteiger partial charge in [0.2, 0.25) is 5.91 Å². The first-order chi connectivity index (χ1) is 7.25. The van der Waals surface area contributed by atoms with Gasteiger partial charge in [-0.3, -0.25) is 4.79 Å². The Hall–Kier alpha value is -1.39. The van der Waals surface area contributed by atoms with Crippen molar-refractivity contribution in [1.29, 1.82) is 0 Å². The van der Waals surface area contributed by atoms with Crippen LogP contribution in [0.2, 0.25) is 0 Å². The molecule has 1 aromatic carbocycles. The maximum atomic E-state index is 11.1. The van der Waals surface area contributed by atoms with Crippen molar-refractivity contribution in [3.05, 3.63) is 35.4 Å². The minimum Gasteiger partial charge on any atom is -0.396 e. The van der Waals surface area contributed by atoms with Crippen molar-refractivity contribution >= 4 is 5.91 Å². The van der Waals surface area contributed by atoms with Crippen LogP contribution in [-0.4, -0.2) is 24.2 Å². The van der Waals surface area contributed by atoms with Crippen molar-refractivity contribution in [3.63, 3.8) is 0 Å². The van der Waals surface area contributed by atoms with E-state index in [1.165, 1.54) is 0 Å². The van der Waals surface area contributed by atoms with Crippen LogP contribution in [0.25, 0.3) is 0 Å². The van der Waals surface area contributed by atoms with Crippen LogP contribution < -0.4 is 11.1 Å². The van der Waals surface area contributed by atoms with E-state index in [1.807, 2.05) is 12.1 Å². The van der Waals surface area contributed by atoms with Gasteiger partial charge in [0.15, 0.2) is 0 Å². The number of primary amides is 1. The first-order valence-corrected chi connectivity index (χ1v) is 4.95. The molecule has 0 unspecified atom stereocenters. The highest BCUT2D eigenvalue weighted by Crippen LogP contribution is 2.07. The van der Waals surface area contributed by atoms with Crippen LogP contribution in [-0.2, 0) is 6.54 Å². The lowest BCUT2D eigenvalue weighted by Gasteiger charge is -2.07. The first-order valence-electron chi connectivity index (χ1n) is 4.95. The molecule has 82 valence electrons. The summed E-state index contributed by atoms with van der Waals surface area (Å²) in [5, 5.41) is 11.7. The molecule has 0 saturated carbocycles. The minimum absolute atomic E-state index is 0.171. The number of nitrogens with two attached hydrogens (primary N) is 1. The van der Waals surface area contributed by atoms with Crippen molar-refractivity contribution in [3.8, 4) is 0 Å². The monoisotopic (exact) mass is 208 g/mol. The smallest absolute Gasteiger partial charge is 0.249 e. The third-order valence-electron chi connectivity index (χ3n) is 2.11. The summed E-state index contributed by atoms with van der Waals surface area (Å²) in [5.74, 6) is -0.408. The van der Waals surface area contributed by atoms with Crippen molar-refractivity contribution in [2.45, 2.75) is 13.0 Å². The zero-order valence-corrected chi connectivity index (χ0v) is 8.57. The fourth-order valence-electron chi connectivity index (χ4n) is 1.34. The van der Waals surface area contributed by atoms with Crippen LogP contribution in [0.1, 0.15) is 22.3 Å². The Bertz CT molecular complexity index is 326. The lowest BCUT2D eigenvalue weighted by atomic mass is 10.1. The second-order valence-electron chi connectivity index (χ2n) is 3.28. The summed E-state index contributed by atoms with van der Waals surface area (Å²) in [7, 11) is 0. The molecular formula is C11H16N2O2. The van der Waals surface area contributed by atoms with Crippen LogP contribution in [0.4, 0.5) is 0 Å². The van der Waals surface area contributed by atoms with Crippen molar-refractivity contribution in [2.24, 2.45) is 5.73 Å².